The van der Waals surface area contributed by atoms with Crippen molar-refractivity contribution >= 4 is 17.9 Å². The van der Waals surface area contributed by atoms with Gasteiger partial charge >= 0.3 is 12.2 Å². The van der Waals surface area contributed by atoms with E-state index in [2.05, 4.69) is 0 Å². The van der Waals surface area contributed by atoms with Crippen LogP contribution in [0.4, 0.5) is 19.7 Å². The summed E-state index contributed by atoms with van der Waals surface area (Å²) in [5.41, 5.74) is 11.0. The molecule has 0 saturated carbocycles. The van der Waals surface area contributed by atoms with Crippen molar-refractivity contribution in [2.45, 2.75) is 51.4 Å². The number of ether oxygens (including phenoxy) is 3. The summed E-state index contributed by atoms with van der Waals surface area (Å²) in [6.45, 7) is 6.11. The molecule has 1 aromatic carbocycles. The van der Waals surface area contributed by atoms with Crippen molar-refractivity contribution < 1.29 is 28.2 Å². The van der Waals surface area contributed by atoms with Crippen molar-refractivity contribution in [3.8, 4) is 0 Å². The van der Waals surface area contributed by atoms with Crippen LogP contribution in [-0.2, 0) is 20.6 Å². The molecule has 9 heteroatoms. The third-order valence-electron chi connectivity index (χ3n) is 4.26. The van der Waals surface area contributed by atoms with Crippen molar-refractivity contribution in [3.05, 3.63) is 29.6 Å². The summed E-state index contributed by atoms with van der Waals surface area (Å²) in [7, 11) is 0. The maximum Gasteiger partial charge on any atom is 0.410 e. The van der Waals surface area contributed by atoms with Gasteiger partial charge < -0.3 is 30.6 Å². The maximum atomic E-state index is 14.0. The molecular formula is C19H28FN3O5. The lowest BCUT2D eigenvalue weighted by molar-refractivity contribution is -0.0923. The van der Waals surface area contributed by atoms with Crippen molar-refractivity contribution in [3.63, 3.8) is 0 Å². The number of amides is 2. The number of primary amides is 1. The summed E-state index contributed by atoms with van der Waals surface area (Å²) < 4.78 is 30.3. The van der Waals surface area contributed by atoms with Crippen LogP contribution >= 0.6 is 0 Å². The van der Waals surface area contributed by atoms with E-state index in [1.807, 2.05) is 0 Å². The molecule has 0 radical (unpaired) electrons. The third kappa shape index (κ3) is 6.26. The number of nitrogen functional groups attached to an aromatic ring is 1. The first-order valence-corrected chi connectivity index (χ1v) is 9.15. The van der Waals surface area contributed by atoms with Gasteiger partial charge in [0, 0.05) is 17.8 Å². The van der Waals surface area contributed by atoms with Crippen molar-refractivity contribution in [1.82, 2.24) is 4.90 Å². The highest BCUT2D eigenvalue weighted by molar-refractivity contribution is 5.68. The molecule has 1 fully saturated rings. The Balaban J connectivity index is 2.07. The van der Waals surface area contributed by atoms with Gasteiger partial charge in [0.05, 0.1) is 13.2 Å². The highest BCUT2D eigenvalue weighted by Gasteiger charge is 2.34. The highest BCUT2D eigenvalue weighted by atomic mass is 19.1. The summed E-state index contributed by atoms with van der Waals surface area (Å²) in [6, 6.07) is 4.44. The average Bonchev–Trinajstić information content (AvgIpc) is 2.58. The number of morpholine rings is 1. The number of halogens is 1. The molecule has 2 amide bonds. The summed E-state index contributed by atoms with van der Waals surface area (Å²) in [4.78, 5) is 25.2. The predicted octanol–water partition coefficient (Wildman–Crippen LogP) is 2.44. The minimum absolute atomic E-state index is 0.166. The second-order valence-electron chi connectivity index (χ2n) is 7.66. The Kier molecular flexibility index (Phi) is 7.06. The fourth-order valence-corrected chi connectivity index (χ4v) is 2.99. The van der Waals surface area contributed by atoms with Gasteiger partial charge in [-0.3, -0.25) is 0 Å². The molecule has 1 aromatic rings. The van der Waals surface area contributed by atoms with Crippen LogP contribution in [0.2, 0.25) is 0 Å². The molecule has 1 aliphatic rings. The molecule has 2 atom stereocenters. The van der Waals surface area contributed by atoms with Crippen molar-refractivity contribution in [2.75, 3.05) is 25.4 Å². The second kappa shape index (κ2) is 9.09. The van der Waals surface area contributed by atoms with E-state index in [-0.39, 0.29) is 26.0 Å². The van der Waals surface area contributed by atoms with Crippen LogP contribution in [-0.4, -0.2) is 54.6 Å². The zero-order valence-corrected chi connectivity index (χ0v) is 16.4. The molecule has 1 unspecified atom stereocenters. The van der Waals surface area contributed by atoms with Crippen LogP contribution in [0, 0.1) is 5.82 Å². The molecule has 0 spiro atoms. The molecule has 0 bridgehead atoms. The van der Waals surface area contributed by atoms with Crippen LogP contribution in [0.1, 0.15) is 32.8 Å². The minimum Gasteiger partial charge on any atom is -0.444 e. The standard InChI is InChI=1S/C19H28FN3O5/c1-19(2,3)28-18(25)23-9-10-26-16(11-23)15(27-17(22)24)8-7-12-13(20)5-4-6-14(12)21/h4-6,15-16H,7-11,21H2,1-3H3,(H2,22,24)/t15?,16-/m1/s1. The van der Waals surface area contributed by atoms with Gasteiger partial charge in [0.1, 0.15) is 23.6 Å². The lowest BCUT2D eigenvalue weighted by Crippen LogP contribution is -2.52. The summed E-state index contributed by atoms with van der Waals surface area (Å²) >= 11 is 0. The van der Waals surface area contributed by atoms with Gasteiger partial charge in [-0.2, -0.15) is 0 Å². The van der Waals surface area contributed by atoms with Crippen molar-refractivity contribution in [1.29, 1.82) is 0 Å². The highest BCUT2D eigenvalue weighted by Crippen LogP contribution is 2.22. The van der Waals surface area contributed by atoms with E-state index >= 15 is 0 Å². The van der Waals surface area contributed by atoms with E-state index in [0.29, 0.717) is 17.8 Å². The fraction of sp³-hybridized carbons (Fsp3) is 0.579. The molecule has 156 valence electrons. The zero-order valence-electron chi connectivity index (χ0n) is 16.4. The van der Waals surface area contributed by atoms with Gasteiger partial charge in [-0.1, -0.05) is 6.07 Å². The van der Waals surface area contributed by atoms with Gasteiger partial charge in [-0.05, 0) is 45.7 Å². The van der Waals surface area contributed by atoms with E-state index in [0.717, 1.165) is 0 Å². The maximum absolute atomic E-state index is 14.0. The van der Waals surface area contributed by atoms with Gasteiger partial charge in [-0.15, -0.1) is 0 Å². The molecule has 0 aliphatic carbocycles. The Morgan fingerprint density at radius 2 is 2.11 bits per heavy atom. The molecule has 1 aliphatic heterocycles. The SMILES string of the molecule is CC(C)(C)OC(=O)N1CCO[C@@H](C(CCc2c(N)cccc2F)OC(N)=O)C1. The van der Waals surface area contributed by atoms with Gasteiger partial charge in [0.25, 0.3) is 0 Å². The Bertz CT molecular complexity index is 687. The van der Waals surface area contributed by atoms with Gasteiger partial charge in [0.2, 0.25) is 0 Å². The molecule has 28 heavy (non-hydrogen) atoms. The first kappa shape index (κ1) is 21.7. The molecule has 8 nitrogen and oxygen atoms in total. The van der Waals surface area contributed by atoms with Crippen LogP contribution in [0.5, 0.6) is 0 Å². The second-order valence-corrected chi connectivity index (χ2v) is 7.66. The number of nitrogens with two attached hydrogens (primary N) is 2. The van der Waals surface area contributed by atoms with Crippen molar-refractivity contribution in [2.24, 2.45) is 5.73 Å². The lowest BCUT2D eigenvalue weighted by atomic mass is 10.0. The van der Waals surface area contributed by atoms with Crippen LogP contribution in [0.15, 0.2) is 18.2 Å². The third-order valence-corrected chi connectivity index (χ3v) is 4.26. The van der Waals surface area contributed by atoms with E-state index < -0.39 is 35.8 Å². The number of hydrogen-bond donors (Lipinski definition) is 2. The first-order valence-electron chi connectivity index (χ1n) is 9.15. The lowest BCUT2D eigenvalue weighted by Gasteiger charge is -2.37. The number of hydrogen-bond acceptors (Lipinski definition) is 6. The Morgan fingerprint density at radius 3 is 2.71 bits per heavy atom. The summed E-state index contributed by atoms with van der Waals surface area (Å²) in [5.74, 6) is -0.433. The van der Waals surface area contributed by atoms with Crippen LogP contribution < -0.4 is 11.5 Å². The quantitative estimate of drug-likeness (QED) is 0.737. The van der Waals surface area contributed by atoms with Gasteiger partial charge in [0.15, 0.2) is 0 Å². The Morgan fingerprint density at radius 1 is 1.39 bits per heavy atom. The number of benzene rings is 1. The average molecular weight is 397 g/mol. The predicted molar refractivity (Wildman–Crippen MR) is 101 cm³/mol. The number of rotatable bonds is 5. The summed E-state index contributed by atoms with van der Waals surface area (Å²) in [6.07, 6.45) is -2.35. The zero-order chi connectivity index (χ0) is 20.9. The molecule has 1 heterocycles. The number of nitrogens with zero attached hydrogens (tertiary/aromatic N) is 1. The smallest absolute Gasteiger partial charge is 0.410 e. The first-order chi connectivity index (χ1) is 13.1. The molecule has 2 rings (SSSR count). The Labute approximate surface area is 163 Å². The molecule has 1 saturated heterocycles. The van der Waals surface area contributed by atoms with E-state index in [1.54, 1.807) is 26.8 Å². The van der Waals surface area contributed by atoms with E-state index in [1.165, 1.54) is 17.0 Å². The van der Waals surface area contributed by atoms with Crippen LogP contribution in [0.25, 0.3) is 0 Å². The van der Waals surface area contributed by atoms with Gasteiger partial charge in [-0.25, -0.2) is 14.0 Å². The molecule has 4 N–H and O–H groups in total. The summed E-state index contributed by atoms with van der Waals surface area (Å²) in [5, 5.41) is 0. The number of carbonyl (C=O) groups is 2. The van der Waals surface area contributed by atoms with Crippen LogP contribution in [0.3, 0.4) is 0 Å². The molecule has 0 aromatic heterocycles. The number of anilines is 1. The normalized spacial score (nSPS) is 18.4. The minimum atomic E-state index is -0.968. The van der Waals surface area contributed by atoms with E-state index in [4.69, 9.17) is 25.7 Å². The molecular weight excluding hydrogens is 369 g/mol. The van der Waals surface area contributed by atoms with E-state index in [9.17, 15) is 14.0 Å². The topological polar surface area (TPSA) is 117 Å². The fourth-order valence-electron chi connectivity index (χ4n) is 2.99. The Hall–Kier alpha value is -2.55. The monoisotopic (exact) mass is 397 g/mol. The number of carbonyl (C=O) groups excluding carboxylic acids is 2. The largest absolute Gasteiger partial charge is 0.444 e.